The van der Waals surface area contributed by atoms with E-state index in [4.69, 9.17) is 4.74 Å². The molecular formula is C27H31NO3. The zero-order valence-electron chi connectivity index (χ0n) is 17.9. The minimum Gasteiger partial charge on any atom is -0.492 e. The van der Waals surface area contributed by atoms with Crippen molar-refractivity contribution in [3.05, 3.63) is 89.5 Å². The molecule has 0 saturated carbocycles. The SMILES string of the molecule is OCCC/C(=C(\C1=CCC(O)C=C1)c1ccc(OCCN2CC2)cc1)c1ccccc1. The van der Waals surface area contributed by atoms with Gasteiger partial charge < -0.3 is 14.9 Å². The molecule has 1 aliphatic carbocycles. The summed E-state index contributed by atoms with van der Waals surface area (Å²) in [5.74, 6) is 0.880. The number of allylic oxidation sites excluding steroid dienone is 4. The molecule has 1 fully saturated rings. The van der Waals surface area contributed by atoms with Gasteiger partial charge >= 0.3 is 0 Å². The molecule has 2 aromatic carbocycles. The summed E-state index contributed by atoms with van der Waals surface area (Å²) in [5, 5.41) is 19.5. The molecule has 4 heteroatoms. The van der Waals surface area contributed by atoms with Crippen molar-refractivity contribution in [3.63, 3.8) is 0 Å². The van der Waals surface area contributed by atoms with Crippen LogP contribution < -0.4 is 4.74 Å². The van der Waals surface area contributed by atoms with E-state index in [1.165, 1.54) is 18.7 Å². The van der Waals surface area contributed by atoms with Crippen molar-refractivity contribution in [2.75, 3.05) is 32.8 Å². The second-order valence-electron chi connectivity index (χ2n) is 8.08. The van der Waals surface area contributed by atoms with Gasteiger partial charge in [0.05, 0.1) is 6.10 Å². The fourth-order valence-corrected chi connectivity index (χ4v) is 3.92. The molecule has 4 nitrogen and oxygen atoms in total. The number of hydrogen-bond acceptors (Lipinski definition) is 4. The number of benzene rings is 2. The minimum absolute atomic E-state index is 0.154. The van der Waals surface area contributed by atoms with Gasteiger partial charge in [0.25, 0.3) is 0 Å². The summed E-state index contributed by atoms with van der Waals surface area (Å²) in [6.45, 7) is 4.21. The minimum atomic E-state index is -0.430. The van der Waals surface area contributed by atoms with Crippen molar-refractivity contribution in [3.8, 4) is 5.75 Å². The molecule has 2 N–H and O–H groups in total. The normalized spacial score (nSPS) is 19.0. The smallest absolute Gasteiger partial charge is 0.119 e. The predicted molar refractivity (Wildman–Crippen MR) is 126 cm³/mol. The van der Waals surface area contributed by atoms with Gasteiger partial charge in [-0.25, -0.2) is 0 Å². The van der Waals surface area contributed by atoms with Crippen LogP contribution in [0.15, 0.2) is 78.4 Å². The summed E-state index contributed by atoms with van der Waals surface area (Å²) in [7, 11) is 0. The van der Waals surface area contributed by atoms with E-state index >= 15 is 0 Å². The predicted octanol–water partition coefficient (Wildman–Crippen LogP) is 4.31. The zero-order valence-corrected chi connectivity index (χ0v) is 17.9. The highest BCUT2D eigenvalue weighted by molar-refractivity contribution is 5.99. The van der Waals surface area contributed by atoms with E-state index in [1.54, 1.807) is 0 Å². The van der Waals surface area contributed by atoms with Crippen molar-refractivity contribution in [1.82, 2.24) is 4.90 Å². The molecule has 2 aliphatic rings. The molecule has 0 bridgehead atoms. The molecule has 2 aromatic rings. The number of ether oxygens (including phenoxy) is 1. The van der Waals surface area contributed by atoms with Gasteiger partial charge in [0.2, 0.25) is 0 Å². The molecule has 162 valence electrons. The zero-order chi connectivity index (χ0) is 21.5. The van der Waals surface area contributed by atoms with E-state index < -0.39 is 6.10 Å². The Morgan fingerprint density at radius 1 is 1.00 bits per heavy atom. The monoisotopic (exact) mass is 417 g/mol. The average molecular weight is 418 g/mol. The molecule has 0 amide bonds. The lowest BCUT2D eigenvalue weighted by molar-refractivity contribution is 0.225. The maximum absolute atomic E-state index is 9.94. The van der Waals surface area contributed by atoms with E-state index in [0.717, 1.165) is 41.0 Å². The highest BCUT2D eigenvalue weighted by Crippen LogP contribution is 2.37. The molecule has 1 heterocycles. The van der Waals surface area contributed by atoms with Crippen molar-refractivity contribution in [2.45, 2.75) is 25.4 Å². The van der Waals surface area contributed by atoms with Gasteiger partial charge in [0, 0.05) is 26.2 Å². The lowest BCUT2D eigenvalue weighted by Gasteiger charge is -2.21. The first-order valence-corrected chi connectivity index (χ1v) is 11.2. The fourth-order valence-electron chi connectivity index (χ4n) is 3.92. The summed E-state index contributed by atoms with van der Waals surface area (Å²) < 4.78 is 5.91. The quantitative estimate of drug-likeness (QED) is 0.447. The maximum Gasteiger partial charge on any atom is 0.119 e. The van der Waals surface area contributed by atoms with E-state index in [2.05, 4.69) is 35.2 Å². The molecule has 1 aliphatic heterocycles. The second-order valence-corrected chi connectivity index (χ2v) is 8.08. The van der Waals surface area contributed by atoms with Gasteiger partial charge in [0.1, 0.15) is 12.4 Å². The Morgan fingerprint density at radius 2 is 1.77 bits per heavy atom. The number of aliphatic hydroxyl groups excluding tert-OH is 2. The van der Waals surface area contributed by atoms with Crippen LogP contribution in [0.3, 0.4) is 0 Å². The lowest BCUT2D eigenvalue weighted by Crippen LogP contribution is -2.10. The highest BCUT2D eigenvalue weighted by atomic mass is 16.5. The average Bonchev–Trinajstić information content (AvgIpc) is 3.63. The molecule has 31 heavy (non-hydrogen) atoms. The van der Waals surface area contributed by atoms with Gasteiger partial charge in [-0.15, -0.1) is 0 Å². The summed E-state index contributed by atoms with van der Waals surface area (Å²) in [4.78, 5) is 2.35. The second kappa shape index (κ2) is 10.6. The van der Waals surface area contributed by atoms with Crippen LogP contribution in [-0.4, -0.2) is 54.1 Å². The molecule has 1 unspecified atom stereocenters. The largest absolute Gasteiger partial charge is 0.492 e. The van der Waals surface area contributed by atoms with E-state index in [0.29, 0.717) is 19.4 Å². The van der Waals surface area contributed by atoms with Crippen LogP contribution >= 0.6 is 0 Å². The van der Waals surface area contributed by atoms with Gasteiger partial charge in [-0.05, 0) is 59.2 Å². The van der Waals surface area contributed by atoms with Crippen LogP contribution in [0.25, 0.3) is 11.1 Å². The third kappa shape index (κ3) is 5.95. The first-order valence-electron chi connectivity index (χ1n) is 11.2. The standard InChI is InChI=1S/C27H31NO3/c29-19-4-7-26(21-5-2-1-3-6-21)27(22-8-12-24(30)13-9-22)23-10-14-25(15-11-23)31-20-18-28-16-17-28/h1-3,5-6,8-12,14-15,24,29-30H,4,7,13,16-20H2/b27-26-. The lowest BCUT2D eigenvalue weighted by atomic mass is 9.85. The number of nitrogens with zero attached hydrogens (tertiary/aromatic N) is 1. The molecule has 1 atom stereocenters. The Labute approximate surface area is 184 Å². The Bertz CT molecular complexity index is 940. The fraction of sp³-hybridized carbons (Fsp3) is 0.333. The number of hydrogen-bond donors (Lipinski definition) is 2. The van der Waals surface area contributed by atoms with E-state index in [1.807, 2.05) is 42.5 Å². The first kappa shape index (κ1) is 21.6. The topological polar surface area (TPSA) is 52.7 Å². The van der Waals surface area contributed by atoms with Crippen molar-refractivity contribution in [2.24, 2.45) is 0 Å². The van der Waals surface area contributed by atoms with Crippen LogP contribution in [0.4, 0.5) is 0 Å². The highest BCUT2D eigenvalue weighted by Gasteiger charge is 2.18. The van der Waals surface area contributed by atoms with Gasteiger partial charge in [-0.1, -0.05) is 60.7 Å². The Kier molecular flexibility index (Phi) is 7.36. The van der Waals surface area contributed by atoms with Gasteiger partial charge in [-0.3, -0.25) is 4.90 Å². The maximum atomic E-state index is 9.94. The summed E-state index contributed by atoms with van der Waals surface area (Å²) in [5.41, 5.74) is 5.74. The third-order valence-electron chi connectivity index (χ3n) is 5.73. The molecule has 1 saturated heterocycles. The Morgan fingerprint density at radius 3 is 2.42 bits per heavy atom. The van der Waals surface area contributed by atoms with E-state index in [-0.39, 0.29) is 6.61 Å². The molecule has 0 spiro atoms. The summed E-state index contributed by atoms with van der Waals surface area (Å²) >= 11 is 0. The van der Waals surface area contributed by atoms with Crippen molar-refractivity contribution >= 4 is 11.1 Å². The van der Waals surface area contributed by atoms with Crippen LogP contribution in [0.1, 0.15) is 30.4 Å². The Hall–Kier alpha value is -2.66. The van der Waals surface area contributed by atoms with Gasteiger partial charge in [0.15, 0.2) is 0 Å². The summed E-state index contributed by atoms with van der Waals surface area (Å²) in [6, 6.07) is 18.7. The van der Waals surface area contributed by atoms with Gasteiger partial charge in [-0.2, -0.15) is 0 Å². The van der Waals surface area contributed by atoms with Crippen LogP contribution in [-0.2, 0) is 0 Å². The van der Waals surface area contributed by atoms with Crippen molar-refractivity contribution < 1.29 is 14.9 Å². The van der Waals surface area contributed by atoms with Crippen molar-refractivity contribution in [1.29, 1.82) is 0 Å². The molecule has 0 aromatic heterocycles. The number of aliphatic hydroxyl groups is 2. The molecule has 4 rings (SSSR count). The van der Waals surface area contributed by atoms with Crippen LogP contribution in [0, 0.1) is 0 Å². The van der Waals surface area contributed by atoms with Crippen LogP contribution in [0.5, 0.6) is 5.75 Å². The number of rotatable bonds is 10. The first-order chi connectivity index (χ1) is 15.2. The van der Waals surface area contributed by atoms with E-state index in [9.17, 15) is 10.2 Å². The molecular weight excluding hydrogens is 386 g/mol. The summed E-state index contributed by atoms with van der Waals surface area (Å²) in [6.07, 6.45) is 7.63. The van der Waals surface area contributed by atoms with Crippen LogP contribution in [0.2, 0.25) is 0 Å². The molecule has 0 radical (unpaired) electrons. The third-order valence-corrected chi connectivity index (χ3v) is 5.73. The Balaban J connectivity index is 1.69.